The molecule has 4 nitrogen and oxygen atoms in total. The summed E-state index contributed by atoms with van der Waals surface area (Å²) < 4.78 is 0. The Kier molecular flexibility index (Phi) is 5.61. The molecule has 158 valence electrons. The van der Waals surface area contributed by atoms with Gasteiger partial charge in [-0.15, -0.1) is 0 Å². The van der Waals surface area contributed by atoms with Gasteiger partial charge in [0.05, 0.1) is 11.6 Å². The first-order chi connectivity index (χ1) is 16.3. The lowest BCUT2D eigenvalue weighted by Crippen LogP contribution is -2.11. The highest BCUT2D eigenvalue weighted by molar-refractivity contribution is 6.16. The van der Waals surface area contributed by atoms with Gasteiger partial charge in [0.2, 0.25) is 0 Å². The number of ketones is 1. The Balaban J connectivity index is 0.000000332. The summed E-state index contributed by atoms with van der Waals surface area (Å²) in [4.78, 5) is 19.8. The molecule has 6 rings (SSSR count). The molecule has 0 spiro atoms. The van der Waals surface area contributed by atoms with Crippen molar-refractivity contribution in [2.24, 2.45) is 0 Å². The van der Waals surface area contributed by atoms with Gasteiger partial charge in [0, 0.05) is 36.8 Å². The van der Waals surface area contributed by atoms with Crippen LogP contribution in [0.4, 0.5) is 0 Å². The van der Waals surface area contributed by atoms with Crippen molar-refractivity contribution in [3.63, 3.8) is 0 Å². The topological polar surface area (TPSA) is 66.6 Å². The number of nitriles is 1. The van der Waals surface area contributed by atoms with Gasteiger partial charge in [0.25, 0.3) is 0 Å². The number of aryl methyl sites for hydroxylation is 1. The molecule has 0 bridgehead atoms. The Morgan fingerprint density at radius 3 is 2.03 bits per heavy atom. The molecule has 1 aliphatic carbocycles. The van der Waals surface area contributed by atoms with Gasteiger partial charge in [0.1, 0.15) is 0 Å². The van der Waals surface area contributed by atoms with Gasteiger partial charge in [-0.3, -0.25) is 14.8 Å². The van der Waals surface area contributed by atoms with Crippen molar-refractivity contribution in [3.05, 3.63) is 108 Å². The van der Waals surface area contributed by atoms with Crippen molar-refractivity contribution >= 4 is 27.3 Å². The van der Waals surface area contributed by atoms with Gasteiger partial charge in [-0.05, 0) is 69.3 Å². The normalized spacial score (nSPS) is 12.5. The number of nitrogens with zero attached hydrogens (tertiary/aromatic N) is 3. The molecule has 1 aromatic heterocycles. The Morgan fingerprint density at radius 2 is 1.36 bits per heavy atom. The maximum atomic E-state index is 12.4. The van der Waals surface area contributed by atoms with Crippen LogP contribution in [-0.4, -0.2) is 15.8 Å². The van der Waals surface area contributed by atoms with Crippen LogP contribution in [0.5, 0.6) is 0 Å². The van der Waals surface area contributed by atoms with Crippen molar-refractivity contribution in [3.8, 4) is 17.2 Å². The zero-order valence-corrected chi connectivity index (χ0v) is 18.0. The highest BCUT2D eigenvalue weighted by Gasteiger charge is 2.20. The Hall–Kier alpha value is -4.36. The van der Waals surface area contributed by atoms with Crippen LogP contribution in [0.1, 0.15) is 34.3 Å². The quantitative estimate of drug-likeness (QED) is 0.285. The first kappa shape index (κ1) is 20.5. The molecule has 33 heavy (non-hydrogen) atoms. The van der Waals surface area contributed by atoms with Gasteiger partial charge < -0.3 is 0 Å². The van der Waals surface area contributed by atoms with Crippen molar-refractivity contribution < 1.29 is 4.79 Å². The third-order valence-electron chi connectivity index (χ3n) is 6.09. The molecule has 4 aromatic carbocycles. The number of Topliss-reactive ketones (excluding diaryl/α,β-unsaturated/α-hetero) is 1. The number of benzene rings is 4. The summed E-state index contributed by atoms with van der Waals surface area (Å²) in [5, 5.41) is 13.9. The van der Waals surface area contributed by atoms with E-state index in [2.05, 4.69) is 52.4 Å². The van der Waals surface area contributed by atoms with Gasteiger partial charge in [0.15, 0.2) is 5.78 Å². The van der Waals surface area contributed by atoms with Crippen LogP contribution in [0.15, 0.2) is 91.5 Å². The average molecular weight is 428 g/mol. The van der Waals surface area contributed by atoms with Crippen molar-refractivity contribution in [1.82, 2.24) is 9.97 Å². The lowest BCUT2D eigenvalue weighted by Gasteiger charge is -2.19. The van der Waals surface area contributed by atoms with Crippen LogP contribution in [0.25, 0.3) is 32.7 Å². The molecule has 0 saturated carbocycles. The minimum atomic E-state index is 0.256. The van der Waals surface area contributed by atoms with Crippen LogP contribution in [-0.2, 0) is 6.42 Å². The van der Waals surface area contributed by atoms with Crippen molar-refractivity contribution in [1.29, 1.82) is 5.26 Å². The summed E-state index contributed by atoms with van der Waals surface area (Å²) in [5.74, 6) is 0.256. The predicted molar refractivity (Wildman–Crippen MR) is 131 cm³/mol. The fourth-order valence-corrected chi connectivity index (χ4v) is 4.55. The maximum Gasteiger partial charge on any atom is 0.163 e. The zero-order chi connectivity index (χ0) is 22.6. The molecule has 0 fully saturated rings. The summed E-state index contributed by atoms with van der Waals surface area (Å²) in [6.07, 6.45) is 9.07. The van der Waals surface area contributed by atoms with E-state index in [1.165, 1.54) is 27.1 Å². The van der Waals surface area contributed by atoms with Crippen LogP contribution >= 0.6 is 0 Å². The summed E-state index contributed by atoms with van der Waals surface area (Å²) in [7, 11) is 0. The summed E-state index contributed by atoms with van der Waals surface area (Å²) in [5.41, 5.74) is 4.96. The standard InChI is InChI=1S/C25H17NO.C4H4N2/c26-15-16-8-10-17(11-9-16)23-14-24-20-6-3-7-25(27)22(20)13-12-21(24)18-4-1-2-5-19(18)23;1-2-6-4-3-5-1/h1-2,4-5,8-14H,3,6-7H2;1-4H. The van der Waals surface area contributed by atoms with E-state index in [0.717, 1.165) is 29.5 Å². The SMILES string of the molecule is N#Cc1ccc(-c2cc3c4c(ccc3c3ccccc23)C(=O)CCC4)cc1.c1cnccn1. The molecule has 4 heteroatoms. The largest absolute Gasteiger partial charge is 0.294 e. The van der Waals surface area contributed by atoms with E-state index in [0.29, 0.717) is 12.0 Å². The number of fused-ring (bicyclic) bond motifs is 5. The molecule has 0 N–H and O–H groups in total. The van der Waals surface area contributed by atoms with Gasteiger partial charge in [-0.1, -0.05) is 48.5 Å². The van der Waals surface area contributed by atoms with E-state index in [4.69, 9.17) is 5.26 Å². The molecule has 0 unspecified atom stereocenters. The van der Waals surface area contributed by atoms with Gasteiger partial charge in [-0.2, -0.15) is 5.26 Å². The molecule has 1 heterocycles. The van der Waals surface area contributed by atoms with E-state index >= 15 is 0 Å². The molecule has 0 aliphatic heterocycles. The van der Waals surface area contributed by atoms with Crippen LogP contribution in [0.3, 0.4) is 0 Å². The lowest BCUT2D eigenvalue weighted by molar-refractivity contribution is 0.0973. The third-order valence-corrected chi connectivity index (χ3v) is 6.09. The third kappa shape index (κ3) is 3.97. The minimum absolute atomic E-state index is 0.256. The van der Waals surface area contributed by atoms with E-state index in [-0.39, 0.29) is 5.78 Å². The molecule has 1 aliphatic rings. The first-order valence-electron chi connectivity index (χ1n) is 11.0. The molecular weight excluding hydrogens is 406 g/mol. The number of rotatable bonds is 1. The fraction of sp³-hybridized carbons (Fsp3) is 0.103. The monoisotopic (exact) mass is 427 g/mol. The molecular formula is C29H21N3O. The second-order valence-corrected chi connectivity index (χ2v) is 8.02. The highest BCUT2D eigenvalue weighted by Crippen LogP contribution is 2.38. The first-order valence-corrected chi connectivity index (χ1v) is 11.0. The van der Waals surface area contributed by atoms with E-state index in [1.807, 2.05) is 30.3 Å². The Labute approximate surface area is 192 Å². The van der Waals surface area contributed by atoms with Crippen molar-refractivity contribution in [2.75, 3.05) is 0 Å². The number of carbonyl (C=O) groups excluding carboxylic acids is 1. The summed E-state index contributed by atoms with van der Waals surface area (Å²) in [6, 6.07) is 24.7. The van der Waals surface area contributed by atoms with E-state index in [9.17, 15) is 4.79 Å². The smallest absolute Gasteiger partial charge is 0.163 e. The molecule has 0 atom stereocenters. The molecule has 0 radical (unpaired) electrons. The number of aromatic nitrogens is 2. The second kappa shape index (κ2) is 9.02. The van der Waals surface area contributed by atoms with Crippen LogP contribution < -0.4 is 0 Å². The lowest BCUT2D eigenvalue weighted by atomic mass is 9.84. The van der Waals surface area contributed by atoms with Crippen LogP contribution in [0, 0.1) is 11.3 Å². The van der Waals surface area contributed by atoms with E-state index in [1.54, 1.807) is 24.8 Å². The zero-order valence-electron chi connectivity index (χ0n) is 18.0. The van der Waals surface area contributed by atoms with E-state index < -0.39 is 0 Å². The minimum Gasteiger partial charge on any atom is -0.294 e. The fourth-order valence-electron chi connectivity index (χ4n) is 4.55. The summed E-state index contributed by atoms with van der Waals surface area (Å²) in [6.45, 7) is 0. The number of hydrogen-bond donors (Lipinski definition) is 0. The average Bonchev–Trinajstić information content (AvgIpc) is 2.90. The predicted octanol–water partition coefficient (Wildman–Crippen LogP) is 6.53. The van der Waals surface area contributed by atoms with Gasteiger partial charge in [-0.25, -0.2) is 0 Å². The maximum absolute atomic E-state index is 12.4. The van der Waals surface area contributed by atoms with Crippen LogP contribution in [0.2, 0.25) is 0 Å². The van der Waals surface area contributed by atoms with Crippen molar-refractivity contribution in [2.45, 2.75) is 19.3 Å². The number of carbonyl (C=O) groups is 1. The molecule has 5 aromatic rings. The molecule has 0 amide bonds. The summed E-state index contributed by atoms with van der Waals surface area (Å²) >= 11 is 0. The van der Waals surface area contributed by atoms with Gasteiger partial charge >= 0.3 is 0 Å². The molecule has 0 saturated heterocycles. The Morgan fingerprint density at radius 1 is 0.697 bits per heavy atom. The second-order valence-electron chi connectivity index (χ2n) is 8.02. The Bertz CT molecular complexity index is 1470. The number of hydrogen-bond acceptors (Lipinski definition) is 4. The highest BCUT2D eigenvalue weighted by atomic mass is 16.1.